The quantitative estimate of drug-likeness (QED) is 0.271. The van der Waals surface area contributed by atoms with Crippen LogP contribution in [0, 0.1) is 0 Å². The normalized spacial score (nSPS) is 30.3. The number of hydrogen-bond donors (Lipinski definition) is 2. The highest BCUT2D eigenvalue weighted by Gasteiger charge is 2.55. The van der Waals surface area contributed by atoms with Gasteiger partial charge in [0.25, 0.3) is 0 Å². The fraction of sp³-hybridized carbons (Fsp3) is 0.469. The number of esters is 5. The van der Waals surface area contributed by atoms with Crippen molar-refractivity contribution in [3.05, 3.63) is 71.8 Å². The Bertz CT molecular complexity index is 1330. The van der Waals surface area contributed by atoms with Crippen molar-refractivity contribution in [3.8, 4) is 0 Å². The molecule has 0 bridgehead atoms. The Kier molecular flexibility index (Phi) is 12.0. The zero-order chi connectivity index (χ0) is 34.2. The van der Waals surface area contributed by atoms with Gasteiger partial charge in [-0.25, -0.2) is 9.59 Å². The molecule has 2 saturated heterocycles. The van der Waals surface area contributed by atoms with Crippen molar-refractivity contribution >= 4 is 29.8 Å². The lowest BCUT2D eigenvalue weighted by Crippen LogP contribution is -2.66. The monoisotopic (exact) mass is 660 g/mol. The minimum absolute atomic E-state index is 0.114. The third kappa shape index (κ3) is 9.11. The van der Waals surface area contributed by atoms with Crippen LogP contribution in [0.15, 0.2) is 60.7 Å². The number of hydrogen-bond acceptors (Lipinski definition) is 15. The smallest absolute Gasteiger partial charge is 0.338 e. The Balaban J connectivity index is 1.73. The summed E-state index contributed by atoms with van der Waals surface area (Å²) in [5, 5.41) is 22.3. The molecule has 0 aliphatic carbocycles. The van der Waals surface area contributed by atoms with Gasteiger partial charge in [-0.05, 0) is 31.2 Å². The first-order valence-electron chi connectivity index (χ1n) is 14.7. The van der Waals surface area contributed by atoms with Crippen molar-refractivity contribution in [2.45, 2.75) is 89.1 Å². The fourth-order valence-corrected chi connectivity index (χ4v) is 5.11. The molecule has 2 aromatic carbocycles. The molecule has 0 amide bonds. The zero-order valence-corrected chi connectivity index (χ0v) is 26.0. The molecule has 2 aliphatic rings. The third-order valence-electron chi connectivity index (χ3n) is 7.21. The Morgan fingerprint density at radius 3 is 1.66 bits per heavy atom. The molecule has 0 radical (unpaired) electrons. The second-order valence-electron chi connectivity index (χ2n) is 10.8. The number of carbonyl (C=O) groups excluding carboxylic acids is 5. The van der Waals surface area contributed by atoms with Gasteiger partial charge >= 0.3 is 29.8 Å². The van der Waals surface area contributed by atoms with E-state index in [4.69, 9.17) is 37.9 Å². The number of aliphatic hydroxyl groups is 2. The van der Waals surface area contributed by atoms with E-state index < -0.39 is 97.9 Å². The maximum atomic E-state index is 13.2. The van der Waals surface area contributed by atoms with Gasteiger partial charge < -0.3 is 48.1 Å². The Morgan fingerprint density at radius 2 is 1.15 bits per heavy atom. The number of aliphatic hydroxyl groups excluding tert-OH is 2. The van der Waals surface area contributed by atoms with Gasteiger partial charge in [-0.15, -0.1) is 0 Å². The highest BCUT2D eigenvalue weighted by Crippen LogP contribution is 2.34. The molecule has 0 saturated carbocycles. The van der Waals surface area contributed by atoms with Crippen molar-refractivity contribution < 1.29 is 72.1 Å². The van der Waals surface area contributed by atoms with Crippen molar-refractivity contribution in [2.24, 2.45) is 0 Å². The lowest BCUT2D eigenvalue weighted by atomic mass is 9.96. The van der Waals surface area contributed by atoms with Crippen molar-refractivity contribution in [2.75, 3.05) is 6.61 Å². The molecule has 2 N–H and O–H groups in total. The van der Waals surface area contributed by atoms with Gasteiger partial charge in [0.1, 0.15) is 24.9 Å². The predicted octanol–water partition coefficient (Wildman–Crippen LogP) is 1.07. The van der Waals surface area contributed by atoms with Crippen LogP contribution in [0.2, 0.25) is 0 Å². The number of carbonyl (C=O) groups is 5. The first-order valence-corrected chi connectivity index (χ1v) is 14.7. The predicted molar refractivity (Wildman–Crippen MR) is 155 cm³/mol. The van der Waals surface area contributed by atoms with E-state index in [2.05, 4.69) is 0 Å². The van der Waals surface area contributed by atoms with Gasteiger partial charge in [-0.2, -0.15) is 0 Å². The van der Waals surface area contributed by atoms with E-state index in [9.17, 15) is 34.2 Å². The molecular formula is C32H36O15. The molecule has 4 rings (SSSR count). The van der Waals surface area contributed by atoms with E-state index in [-0.39, 0.29) is 11.1 Å². The van der Waals surface area contributed by atoms with E-state index in [1.54, 1.807) is 36.4 Å². The van der Waals surface area contributed by atoms with E-state index >= 15 is 0 Å². The summed E-state index contributed by atoms with van der Waals surface area (Å²) in [5.74, 6) is -4.13. The van der Waals surface area contributed by atoms with Gasteiger partial charge in [0, 0.05) is 20.8 Å². The van der Waals surface area contributed by atoms with E-state index in [0.29, 0.717) is 0 Å². The average Bonchev–Trinajstić information content (AvgIpc) is 3.03. The van der Waals surface area contributed by atoms with E-state index in [1.807, 2.05) is 0 Å². The molecule has 10 atom stereocenters. The summed E-state index contributed by atoms with van der Waals surface area (Å²) in [6, 6.07) is 15.7. The molecule has 47 heavy (non-hydrogen) atoms. The summed E-state index contributed by atoms with van der Waals surface area (Å²) in [7, 11) is 0. The molecule has 254 valence electrons. The molecule has 2 heterocycles. The number of ether oxygens (including phenoxy) is 8. The molecule has 15 nitrogen and oxygen atoms in total. The van der Waals surface area contributed by atoms with Crippen molar-refractivity contribution in [1.29, 1.82) is 0 Å². The summed E-state index contributed by atoms with van der Waals surface area (Å²) in [4.78, 5) is 62.0. The van der Waals surface area contributed by atoms with Gasteiger partial charge in [0.15, 0.2) is 37.0 Å². The first-order chi connectivity index (χ1) is 22.3. The minimum Gasteiger partial charge on any atom is -0.463 e. The zero-order valence-electron chi connectivity index (χ0n) is 26.0. The number of rotatable bonds is 10. The van der Waals surface area contributed by atoms with Crippen LogP contribution in [0.3, 0.4) is 0 Å². The van der Waals surface area contributed by atoms with Crippen molar-refractivity contribution in [3.63, 3.8) is 0 Å². The molecule has 0 spiro atoms. The molecule has 2 fully saturated rings. The molecular weight excluding hydrogens is 624 g/mol. The maximum absolute atomic E-state index is 13.2. The van der Waals surface area contributed by atoms with Crippen LogP contribution in [0.1, 0.15) is 48.4 Å². The summed E-state index contributed by atoms with van der Waals surface area (Å²) < 4.78 is 44.8. The Hall–Kier alpha value is -4.41. The fourth-order valence-electron chi connectivity index (χ4n) is 5.11. The summed E-state index contributed by atoms with van der Waals surface area (Å²) in [6.07, 6.45) is -15.6. The molecule has 2 aromatic rings. The van der Waals surface area contributed by atoms with Crippen LogP contribution in [-0.4, -0.2) is 108 Å². The lowest BCUT2D eigenvalue weighted by molar-refractivity contribution is -0.352. The molecule has 15 heteroatoms. The number of benzene rings is 2. The van der Waals surface area contributed by atoms with Crippen LogP contribution >= 0.6 is 0 Å². The summed E-state index contributed by atoms with van der Waals surface area (Å²) >= 11 is 0. The van der Waals surface area contributed by atoms with Crippen LogP contribution in [0.4, 0.5) is 0 Å². The minimum atomic E-state index is -1.82. The van der Waals surface area contributed by atoms with E-state index in [1.165, 1.54) is 31.2 Å². The molecule has 0 aromatic heterocycles. The third-order valence-corrected chi connectivity index (χ3v) is 7.21. The Morgan fingerprint density at radius 1 is 0.638 bits per heavy atom. The highest BCUT2D eigenvalue weighted by atomic mass is 16.8. The summed E-state index contributed by atoms with van der Waals surface area (Å²) in [6.45, 7) is 4.19. The average molecular weight is 661 g/mol. The van der Waals surface area contributed by atoms with Gasteiger partial charge in [0.2, 0.25) is 0 Å². The second kappa shape index (κ2) is 15.9. The first kappa shape index (κ1) is 35.4. The van der Waals surface area contributed by atoms with Gasteiger partial charge in [-0.1, -0.05) is 36.4 Å². The van der Waals surface area contributed by atoms with Crippen LogP contribution in [-0.2, 0) is 52.3 Å². The topological polar surface area (TPSA) is 200 Å². The van der Waals surface area contributed by atoms with Crippen LogP contribution in [0.5, 0.6) is 0 Å². The maximum Gasteiger partial charge on any atom is 0.338 e. The second-order valence-corrected chi connectivity index (χ2v) is 10.8. The van der Waals surface area contributed by atoms with Crippen molar-refractivity contribution in [1.82, 2.24) is 0 Å². The standard InChI is InChI=1S/C32H36O15/c1-16-24(45-29(37)20-11-7-5-8-12-20)27(28(31(39)41-16)46-30(38)21-13-9-6-10-14-21)47-32-26(43-19(4)35)23(36)25(42-18(3)34)22(44-32)15-40-17(2)33/h5-14,16,22-28,31-32,36,39H,15H2,1-4H3/t16-,22+,23-,24+,25+,26+,27+,28-,31+,32-/m0/s1. The Labute approximate surface area is 269 Å². The highest BCUT2D eigenvalue weighted by molar-refractivity contribution is 5.90. The van der Waals surface area contributed by atoms with Gasteiger partial charge in [0.05, 0.1) is 17.2 Å². The summed E-state index contributed by atoms with van der Waals surface area (Å²) in [5.41, 5.74) is 0.276. The van der Waals surface area contributed by atoms with E-state index in [0.717, 1.165) is 20.8 Å². The molecule has 0 unspecified atom stereocenters. The van der Waals surface area contributed by atoms with Crippen LogP contribution in [0.25, 0.3) is 0 Å². The lowest BCUT2D eigenvalue weighted by Gasteiger charge is -2.47. The van der Waals surface area contributed by atoms with Gasteiger partial charge in [-0.3, -0.25) is 14.4 Å². The van der Waals surface area contributed by atoms with Crippen LogP contribution < -0.4 is 0 Å². The largest absolute Gasteiger partial charge is 0.463 e. The molecule has 2 aliphatic heterocycles. The SMILES string of the molecule is CC(=O)OC[C@H]1O[C@@H](O[C@@H]2[C@H](OC(=O)c3ccccc3)[C@H](C)O[C@@H](O)[C@H]2OC(=O)c2ccccc2)[C@H](OC(C)=O)[C@@H](O)[C@@H]1OC(C)=O.